The van der Waals surface area contributed by atoms with E-state index in [4.69, 9.17) is 10.2 Å². The summed E-state index contributed by atoms with van der Waals surface area (Å²) < 4.78 is 21.8. The van der Waals surface area contributed by atoms with Gasteiger partial charge in [-0.1, -0.05) is 32.0 Å². The van der Waals surface area contributed by atoms with Crippen LogP contribution in [0.1, 0.15) is 50.8 Å². The van der Waals surface area contributed by atoms with Crippen LogP contribution in [-0.2, 0) is 15.8 Å². The standard InChI is InChI=1S/C27H34N4O4S/c1-17-13-19(18(2)30-21-7-5-6-8-23(21)36(34)29-16-24(28)33)26-20(14-17)22(32)15-25(35-26)31-11-9-27(3,4)10-12-31/h5-8,13-15,18,29-30H,9-12,16H2,1-4H3,(H2,28,33). The average Bonchev–Trinajstić information content (AvgIpc) is 2.82. The van der Waals surface area contributed by atoms with Crippen LogP contribution in [0.5, 0.6) is 0 Å². The van der Waals surface area contributed by atoms with Gasteiger partial charge in [0.05, 0.1) is 28.6 Å². The molecule has 2 atom stereocenters. The molecule has 0 aliphatic carbocycles. The van der Waals surface area contributed by atoms with Crippen molar-refractivity contribution < 1.29 is 13.4 Å². The van der Waals surface area contributed by atoms with Crippen LogP contribution in [0.4, 0.5) is 11.6 Å². The van der Waals surface area contributed by atoms with E-state index in [-0.39, 0.29) is 23.4 Å². The third kappa shape index (κ3) is 5.79. The number of fused-ring (bicyclic) bond motifs is 1. The molecular formula is C27H34N4O4S. The number of primary amides is 1. The molecule has 1 saturated heterocycles. The molecule has 2 aromatic carbocycles. The van der Waals surface area contributed by atoms with Crippen molar-refractivity contribution >= 4 is 39.4 Å². The van der Waals surface area contributed by atoms with Gasteiger partial charge in [-0.2, -0.15) is 0 Å². The van der Waals surface area contributed by atoms with Gasteiger partial charge in [-0.25, -0.2) is 8.93 Å². The van der Waals surface area contributed by atoms with E-state index >= 15 is 0 Å². The number of nitrogens with one attached hydrogen (secondary N) is 2. The molecule has 2 unspecified atom stereocenters. The molecule has 1 aliphatic rings. The lowest BCUT2D eigenvalue weighted by atomic mass is 9.83. The fraction of sp³-hybridized carbons (Fsp3) is 0.407. The topological polar surface area (TPSA) is 118 Å². The quantitative estimate of drug-likeness (QED) is 0.422. The number of carbonyl (C=O) groups is 1. The molecule has 192 valence electrons. The Morgan fingerprint density at radius 3 is 2.58 bits per heavy atom. The van der Waals surface area contributed by atoms with Gasteiger partial charge in [0, 0.05) is 24.7 Å². The van der Waals surface area contributed by atoms with Crippen LogP contribution in [0.3, 0.4) is 0 Å². The number of rotatable bonds is 8. The fourth-order valence-corrected chi connectivity index (χ4v) is 5.46. The number of carbonyl (C=O) groups excluding carboxylic acids is 1. The Morgan fingerprint density at radius 2 is 1.89 bits per heavy atom. The largest absolute Gasteiger partial charge is 0.440 e. The summed E-state index contributed by atoms with van der Waals surface area (Å²) in [5, 5.41) is 3.96. The second-order valence-electron chi connectivity index (χ2n) is 10.2. The van der Waals surface area contributed by atoms with Gasteiger partial charge >= 0.3 is 0 Å². The normalized spacial score (nSPS) is 17.1. The van der Waals surface area contributed by atoms with Gasteiger partial charge in [0.2, 0.25) is 5.91 Å². The number of nitrogens with zero attached hydrogens (tertiary/aromatic N) is 1. The fourth-order valence-electron chi connectivity index (χ4n) is 4.50. The van der Waals surface area contributed by atoms with Crippen LogP contribution in [0.25, 0.3) is 11.0 Å². The van der Waals surface area contributed by atoms with Crippen LogP contribution in [0, 0.1) is 12.3 Å². The van der Waals surface area contributed by atoms with E-state index in [1.54, 1.807) is 18.2 Å². The Kier molecular flexibility index (Phi) is 7.51. The van der Waals surface area contributed by atoms with Gasteiger partial charge in [0.25, 0.3) is 0 Å². The molecule has 8 nitrogen and oxygen atoms in total. The Balaban J connectivity index is 1.68. The first-order valence-corrected chi connectivity index (χ1v) is 13.3. The lowest BCUT2D eigenvalue weighted by Crippen LogP contribution is -2.37. The summed E-state index contributed by atoms with van der Waals surface area (Å²) in [6.45, 7) is 9.95. The van der Waals surface area contributed by atoms with E-state index in [2.05, 4.69) is 28.8 Å². The minimum absolute atomic E-state index is 0.0645. The molecule has 0 radical (unpaired) electrons. The van der Waals surface area contributed by atoms with Crippen molar-refractivity contribution in [3.8, 4) is 0 Å². The molecule has 1 amide bonds. The maximum absolute atomic E-state index is 13.1. The third-order valence-electron chi connectivity index (χ3n) is 6.72. The summed E-state index contributed by atoms with van der Waals surface area (Å²) in [6, 6.07) is 12.4. The summed E-state index contributed by atoms with van der Waals surface area (Å²) in [5.74, 6) is 0.00829. The zero-order valence-electron chi connectivity index (χ0n) is 21.2. The van der Waals surface area contributed by atoms with Crippen molar-refractivity contribution in [3.05, 3.63) is 63.8 Å². The molecular weight excluding hydrogens is 476 g/mol. The molecule has 0 saturated carbocycles. The first-order chi connectivity index (χ1) is 17.0. The van der Waals surface area contributed by atoms with E-state index in [0.29, 0.717) is 27.4 Å². The maximum Gasteiger partial charge on any atom is 0.232 e. The lowest BCUT2D eigenvalue weighted by Gasteiger charge is -2.37. The van der Waals surface area contributed by atoms with Crippen LogP contribution in [0.15, 0.2) is 56.6 Å². The summed E-state index contributed by atoms with van der Waals surface area (Å²) in [6.07, 6.45) is 2.07. The summed E-state index contributed by atoms with van der Waals surface area (Å²) in [5.41, 5.74) is 8.39. The Hall–Kier alpha value is -3.17. The number of hydrogen-bond acceptors (Lipinski definition) is 6. The number of benzene rings is 2. The summed E-state index contributed by atoms with van der Waals surface area (Å²) >= 11 is 0. The van der Waals surface area contributed by atoms with Crippen LogP contribution >= 0.6 is 0 Å². The number of nitrogens with two attached hydrogens (primary N) is 1. The van der Waals surface area contributed by atoms with Crippen molar-refractivity contribution in [2.24, 2.45) is 11.1 Å². The summed E-state index contributed by atoms with van der Waals surface area (Å²) in [7, 11) is -1.63. The summed E-state index contributed by atoms with van der Waals surface area (Å²) in [4.78, 5) is 26.9. The Labute approximate surface area is 213 Å². The van der Waals surface area contributed by atoms with Crippen molar-refractivity contribution in [2.45, 2.75) is 51.5 Å². The van der Waals surface area contributed by atoms with Crippen LogP contribution in [0.2, 0.25) is 0 Å². The number of aryl methyl sites for hydroxylation is 1. The minimum Gasteiger partial charge on any atom is -0.440 e. The Bertz CT molecular complexity index is 1360. The molecule has 0 spiro atoms. The highest BCUT2D eigenvalue weighted by Crippen LogP contribution is 2.35. The van der Waals surface area contributed by atoms with E-state index in [0.717, 1.165) is 37.1 Å². The molecule has 36 heavy (non-hydrogen) atoms. The smallest absolute Gasteiger partial charge is 0.232 e. The molecule has 3 aromatic rings. The van der Waals surface area contributed by atoms with Crippen molar-refractivity contribution in [2.75, 3.05) is 29.9 Å². The lowest BCUT2D eigenvalue weighted by molar-refractivity contribution is -0.116. The number of piperidine rings is 1. The van der Waals surface area contributed by atoms with Crippen LogP contribution < -0.4 is 26.1 Å². The maximum atomic E-state index is 13.1. The van der Waals surface area contributed by atoms with E-state index < -0.39 is 16.9 Å². The predicted molar refractivity (Wildman–Crippen MR) is 145 cm³/mol. The van der Waals surface area contributed by atoms with Crippen LogP contribution in [-0.4, -0.2) is 29.8 Å². The second kappa shape index (κ2) is 10.4. The molecule has 1 aromatic heterocycles. The van der Waals surface area contributed by atoms with Gasteiger partial charge < -0.3 is 20.4 Å². The van der Waals surface area contributed by atoms with Crippen molar-refractivity contribution in [1.29, 1.82) is 0 Å². The monoisotopic (exact) mass is 510 g/mol. The average molecular weight is 511 g/mol. The van der Waals surface area contributed by atoms with Gasteiger partial charge in [-0.3, -0.25) is 9.59 Å². The predicted octanol–water partition coefficient (Wildman–Crippen LogP) is 4.00. The highest BCUT2D eigenvalue weighted by Gasteiger charge is 2.27. The zero-order chi connectivity index (χ0) is 26.0. The van der Waals surface area contributed by atoms with E-state index in [1.807, 2.05) is 38.1 Å². The molecule has 2 heterocycles. The second-order valence-corrected chi connectivity index (χ2v) is 11.5. The van der Waals surface area contributed by atoms with E-state index in [9.17, 15) is 13.8 Å². The first-order valence-electron chi connectivity index (χ1n) is 12.2. The molecule has 0 bridgehead atoms. The Morgan fingerprint density at radius 1 is 1.19 bits per heavy atom. The zero-order valence-corrected chi connectivity index (χ0v) is 22.0. The molecule has 1 fully saturated rings. The van der Waals surface area contributed by atoms with Crippen molar-refractivity contribution in [1.82, 2.24) is 4.72 Å². The van der Waals surface area contributed by atoms with Gasteiger partial charge in [0.1, 0.15) is 16.6 Å². The van der Waals surface area contributed by atoms with Gasteiger partial charge in [-0.05, 0) is 55.9 Å². The number of para-hydroxylation sites is 1. The first kappa shape index (κ1) is 25.9. The highest BCUT2D eigenvalue weighted by molar-refractivity contribution is 7.83. The molecule has 4 N–H and O–H groups in total. The molecule has 4 rings (SSSR count). The SMILES string of the molecule is Cc1cc(C(C)Nc2ccccc2S(=O)NCC(N)=O)c2oc(N3CCC(C)(C)CC3)cc(=O)c2c1. The van der Waals surface area contributed by atoms with Gasteiger partial charge in [0.15, 0.2) is 11.3 Å². The number of amides is 1. The molecule has 1 aliphatic heterocycles. The molecule has 9 heteroatoms. The third-order valence-corrected chi connectivity index (χ3v) is 7.88. The highest BCUT2D eigenvalue weighted by atomic mass is 32.2. The number of hydrogen-bond donors (Lipinski definition) is 3. The van der Waals surface area contributed by atoms with Gasteiger partial charge in [-0.15, -0.1) is 0 Å². The van der Waals surface area contributed by atoms with Crippen molar-refractivity contribution in [3.63, 3.8) is 0 Å². The number of anilines is 2. The van der Waals surface area contributed by atoms with E-state index in [1.165, 1.54) is 0 Å². The minimum atomic E-state index is -1.63.